The number of benzene rings is 1. The number of amides is 1. The van der Waals surface area contributed by atoms with Crippen LogP contribution in [0.2, 0.25) is 0 Å². The SMILES string of the molecule is CC(C)C(=O)N1CCC(NS(=O)(=O)CCc2ccccc2)CC1. The Labute approximate surface area is 139 Å². The molecule has 0 radical (unpaired) electrons. The molecule has 2 rings (SSSR count). The van der Waals surface area contributed by atoms with E-state index in [0.29, 0.717) is 32.4 Å². The first-order valence-corrected chi connectivity index (χ1v) is 9.85. The number of nitrogens with zero attached hydrogens (tertiary/aromatic N) is 1. The van der Waals surface area contributed by atoms with Crippen LogP contribution in [0.3, 0.4) is 0 Å². The molecule has 1 saturated heterocycles. The van der Waals surface area contributed by atoms with E-state index in [0.717, 1.165) is 5.56 Å². The molecule has 0 aromatic heterocycles. The molecule has 1 heterocycles. The van der Waals surface area contributed by atoms with Gasteiger partial charge in [-0.25, -0.2) is 13.1 Å². The number of carbonyl (C=O) groups is 1. The molecule has 1 aliphatic heterocycles. The van der Waals surface area contributed by atoms with Gasteiger partial charge in [0.05, 0.1) is 5.75 Å². The Morgan fingerprint density at radius 2 is 1.83 bits per heavy atom. The van der Waals surface area contributed by atoms with Crippen LogP contribution in [0, 0.1) is 5.92 Å². The van der Waals surface area contributed by atoms with Gasteiger partial charge in [0.25, 0.3) is 0 Å². The van der Waals surface area contributed by atoms with Gasteiger partial charge in [-0.2, -0.15) is 0 Å². The first kappa shape index (κ1) is 17.9. The lowest BCUT2D eigenvalue weighted by Gasteiger charge is -2.33. The van der Waals surface area contributed by atoms with E-state index in [9.17, 15) is 13.2 Å². The third kappa shape index (κ3) is 5.62. The van der Waals surface area contributed by atoms with E-state index in [4.69, 9.17) is 0 Å². The van der Waals surface area contributed by atoms with Crippen molar-refractivity contribution in [1.29, 1.82) is 0 Å². The molecule has 1 aliphatic rings. The van der Waals surface area contributed by atoms with Crippen molar-refractivity contribution in [3.63, 3.8) is 0 Å². The Bertz CT molecular complexity index is 606. The molecule has 1 amide bonds. The topological polar surface area (TPSA) is 66.5 Å². The molecule has 5 nitrogen and oxygen atoms in total. The van der Waals surface area contributed by atoms with Crippen molar-refractivity contribution in [3.8, 4) is 0 Å². The van der Waals surface area contributed by atoms with Gasteiger partial charge in [-0.15, -0.1) is 0 Å². The summed E-state index contributed by atoms with van der Waals surface area (Å²) in [5.74, 6) is 0.242. The Morgan fingerprint density at radius 1 is 1.22 bits per heavy atom. The fourth-order valence-electron chi connectivity index (χ4n) is 2.79. The molecule has 0 spiro atoms. The van der Waals surface area contributed by atoms with E-state index >= 15 is 0 Å². The van der Waals surface area contributed by atoms with Gasteiger partial charge in [0, 0.05) is 25.0 Å². The predicted octanol–water partition coefficient (Wildman–Crippen LogP) is 1.80. The van der Waals surface area contributed by atoms with Crippen LogP contribution in [-0.2, 0) is 21.2 Å². The molecule has 23 heavy (non-hydrogen) atoms. The normalized spacial score (nSPS) is 16.7. The molecule has 0 atom stereocenters. The standard InChI is InChI=1S/C17H26N2O3S/c1-14(2)17(20)19-11-8-16(9-12-19)18-23(21,22)13-10-15-6-4-3-5-7-15/h3-7,14,16,18H,8-13H2,1-2H3. The maximum Gasteiger partial charge on any atom is 0.225 e. The molecule has 0 aliphatic carbocycles. The highest BCUT2D eigenvalue weighted by Gasteiger charge is 2.26. The van der Waals surface area contributed by atoms with Gasteiger partial charge in [-0.3, -0.25) is 4.79 Å². The van der Waals surface area contributed by atoms with Crippen LogP contribution < -0.4 is 4.72 Å². The number of piperidine rings is 1. The summed E-state index contributed by atoms with van der Waals surface area (Å²) in [6, 6.07) is 9.56. The molecule has 1 aromatic carbocycles. The van der Waals surface area contributed by atoms with Crippen molar-refractivity contribution in [2.45, 2.75) is 39.2 Å². The molecule has 1 N–H and O–H groups in total. The van der Waals surface area contributed by atoms with Crippen molar-refractivity contribution in [2.75, 3.05) is 18.8 Å². The van der Waals surface area contributed by atoms with Crippen LogP contribution in [0.5, 0.6) is 0 Å². The Kier molecular flexibility index (Phi) is 6.18. The highest BCUT2D eigenvalue weighted by Crippen LogP contribution is 2.14. The van der Waals surface area contributed by atoms with E-state index < -0.39 is 10.0 Å². The summed E-state index contributed by atoms with van der Waals surface area (Å²) >= 11 is 0. The lowest BCUT2D eigenvalue weighted by Crippen LogP contribution is -2.48. The summed E-state index contributed by atoms with van der Waals surface area (Å²) in [6.45, 7) is 5.03. The van der Waals surface area contributed by atoms with Gasteiger partial charge in [0.15, 0.2) is 0 Å². The van der Waals surface area contributed by atoms with Gasteiger partial charge >= 0.3 is 0 Å². The van der Waals surface area contributed by atoms with Crippen molar-refractivity contribution >= 4 is 15.9 Å². The molecule has 6 heteroatoms. The van der Waals surface area contributed by atoms with Crippen molar-refractivity contribution in [2.24, 2.45) is 5.92 Å². The second kappa shape index (κ2) is 7.93. The van der Waals surface area contributed by atoms with Gasteiger partial charge in [0.2, 0.25) is 15.9 Å². The van der Waals surface area contributed by atoms with Crippen LogP contribution in [0.1, 0.15) is 32.3 Å². The fraction of sp³-hybridized carbons (Fsp3) is 0.588. The Balaban J connectivity index is 1.79. The largest absolute Gasteiger partial charge is 0.342 e. The minimum Gasteiger partial charge on any atom is -0.342 e. The third-order valence-corrected chi connectivity index (χ3v) is 5.58. The fourth-order valence-corrected chi connectivity index (χ4v) is 4.16. The number of rotatable bonds is 6. The van der Waals surface area contributed by atoms with E-state index in [1.165, 1.54) is 0 Å². The molecule has 0 saturated carbocycles. The number of hydrogen-bond acceptors (Lipinski definition) is 3. The minimum absolute atomic E-state index is 0.00545. The lowest BCUT2D eigenvalue weighted by atomic mass is 10.0. The zero-order valence-electron chi connectivity index (χ0n) is 13.9. The average Bonchev–Trinajstić information content (AvgIpc) is 2.54. The number of carbonyl (C=O) groups excluding carboxylic acids is 1. The summed E-state index contributed by atoms with van der Waals surface area (Å²) in [7, 11) is -3.29. The van der Waals surface area contributed by atoms with Gasteiger partial charge in [0.1, 0.15) is 0 Å². The van der Waals surface area contributed by atoms with Crippen LogP contribution >= 0.6 is 0 Å². The molecule has 0 unspecified atom stereocenters. The number of hydrogen-bond donors (Lipinski definition) is 1. The Hall–Kier alpha value is -1.40. The number of likely N-dealkylation sites (tertiary alicyclic amines) is 1. The van der Waals surface area contributed by atoms with Crippen LogP contribution in [0.4, 0.5) is 0 Å². The second-order valence-corrected chi connectivity index (χ2v) is 8.30. The lowest BCUT2D eigenvalue weighted by molar-refractivity contribution is -0.135. The molecule has 1 aromatic rings. The number of aryl methyl sites for hydroxylation is 1. The zero-order chi connectivity index (χ0) is 16.9. The zero-order valence-corrected chi connectivity index (χ0v) is 14.7. The summed E-state index contributed by atoms with van der Waals surface area (Å²) in [5.41, 5.74) is 1.02. The van der Waals surface area contributed by atoms with Crippen LogP contribution in [0.15, 0.2) is 30.3 Å². The number of nitrogens with one attached hydrogen (secondary N) is 1. The van der Waals surface area contributed by atoms with Crippen molar-refractivity contribution in [1.82, 2.24) is 9.62 Å². The summed E-state index contributed by atoms with van der Waals surface area (Å²) in [6.07, 6.45) is 1.88. The predicted molar refractivity (Wildman–Crippen MR) is 91.5 cm³/mol. The quantitative estimate of drug-likeness (QED) is 0.860. The average molecular weight is 338 g/mol. The smallest absolute Gasteiger partial charge is 0.225 e. The van der Waals surface area contributed by atoms with E-state index in [1.807, 2.05) is 49.1 Å². The second-order valence-electron chi connectivity index (χ2n) is 6.43. The Morgan fingerprint density at radius 3 is 2.39 bits per heavy atom. The monoisotopic (exact) mass is 338 g/mol. The van der Waals surface area contributed by atoms with Gasteiger partial charge in [-0.05, 0) is 24.8 Å². The molecule has 128 valence electrons. The maximum atomic E-state index is 12.2. The maximum absolute atomic E-state index is 12.2. The minimum atomic E-state index is -3.29. The molecule has 0 bridgehead atoms. The molecular weight excluding hydrogens is 312 g/mol. The molecular formula is C17H26N2O3S. The molecule has 1 fully saturated rings. The highest BCUT2D eigenvalue weighted by molar-refractivity contribution is 7.89. The van der Waals surface area contributed by atoms with Gasteiger partial charge < -0.3 is 4.90 Å². The summed E-state index contributed by atoms with van der Waals surface area (Å²) < 4.78 is 27.2. The third-order valence-electron chi connectivity index (χ3n) is 4.15. The van der Waals surface area contributed by atoms with Crippen molar-refractivity contribution in [3.05, 3.63) is 35.9 Å². The van der Waals surface area contributed by atoms with Crippen LogP contribution in [-0.4, -0.2) is 44.1 Å². The number of sulfonamides is 1. The summed E-state index contributed by atoms with van der Waals surface area (Å²) in [5, 5.41) is 0. The van der Waals surface area contributed by atoms with E-state index in [2.05, 4.69) is 4.72 Å². The first-order chi connectivity index (χ1) is 10.9. The van der Waals surface area contributed by atoms with Crippen molar-refractivity contribution < 1.29 is 13.2 Å². The highest BCUT2D eigenvalue weighted by atomic mass is 32.2. The van der Waals surface area contributed by atoms with Crippen LogP contribution in [0.25, 0.3) is 0 Å². The summed E-state index contributed by atoms with van der Waals surface area (Å²) in [4.78, 5) is 13.8. The van der Waals surface area contributed by atoms with Gasteiger partial charge in [-0.1, -0.05) is 44.2 Å². The van der Waals surface area contributed by atoms with E-state index in [1.54, 1.807) is 0 Å². The van der Waals surface area contributed by atoms with E-state index in [-0.39, 0.29) is 23.6 Å². The first-order valence-electron chi connectivity index (χ1n) is 8.20.